The van der Waals surface area contributed by atoms with Gasteiger partial charge in [-0.05, 0) is 17.5 Å². The van der Waals surface area contributed by atoms with E-state index < -0.39 is 0 Å². The van der Waals surface area contributed by atoms with Gasteiger partial charge in [0, 0.05) is 36.3 Å². The third kappa shape index (κ3) is 3.95. The molecule has 23 heavy (non-hydrogen) atoms. The summed E-state index contributed by atoms with van der Waals surface area (Å²) in [7, 11) is 0. The molecule has 0 fully saturated rings. The molecule has 0 unspecified atom stereocenters. The van der Waals surface area contributed by atoms with Gasteiger partial charge in [0.25, 0.3) is 0 Å². The number of benzene rings is 1. The van der Waals surface area contributed by atoms with Gasteiger partial charge >= 0.3 is 0 Å². The molecule has 7 heteroatoms. The first kappa shape index (κ1) is 15.2. The minimum atomic E-state index is -0.278. The molecule has 118 valence electrons. The number of rotatable bonds is 6. The van der Waals surface area contributed by atoms with E-state index in [-0.39, 0.29) is 18.4 Å². The van der Waals surface area contributed by atoms with Crippen molar-refractivity contribution < 1.29 is 9.59 Å². The highest BCUT2D eigenvalue weighted by Crippen LogP contribution is 2.15. The van der Waals surface area contributed by atoms with Crippen molar-refractivity contribution in [3.05, 3.63) is 48.1 Å². The highest BCUT2D eigenvalue weighted by atomic mass is 32.1. The van der Waals surface area contributed by atoms with Crippen LogP contribution in [0, 0.1) is 0 Å². The number of carbonyl (C=O) groups excluding carboxylic acids is 2. The Hall–Kier alpha value is -2.67. The van der Waals surface area contributed by atoms with E-state index in [1.54, 1.807) is 11.6 Å². The molecule has 0 saturated heterocycles. The Labute approximate surface area is 137 Å². The van der Waals surface area contributed by atoms with Gasteiger partial charge in [0.2, 0.25) is 11.8 Å². The number of hydrogen-bond donors (Lipinski definition) is 2. The van der Waals surface area contributed by atoms with Crippen molar-refractivity contribution in [1.82, 2.24) is 14.9 Å². The quantitative estimate of drug-likeness (QED) is 0.728. The first-order chi connectivity index (χ1) is 11.2. The number of nitrogens with zero attached hydrogens (tertiary/aromatic N) is 2. The average Bonchev–Trinajstić information content (AvgIpc) is 3.20. The van der Waals surface area contributed by atoms with Crippen molar-refractivity contribution >= 4 is 39.2 Å². The maximum Gasteiger partial charge on any atom is 0.245 e. The third-order valence-corrected chi connectivity index (χ3v) is 4.07. The second-order valence-electron chi connectivity index (χ2n) is 4.98. The SMILES string of the molecule is O=C(CCn1ccc2ccccc21)NCC(=O)Nc1nccs1. The van der Waals surface area contributed by atoms with Crippen molar-refractivity contribution in [2.45, 2.75) is 13.0 Å². The highest BCUT2D eigenvalue weighted by Gasteiger charge is 2.08. The first-order valence-electron chi connectivity index (χ1n) is 7.22. The monoisotopic (exact) mass is 328 g/mol. The van der Waals surface area contributed by atoms with Crippen molar-refractivity contribution in [3.8, 4) is 0 Å². The lowest BCUT2D eigenvalue weighted by Crippen LogP contribution is -2.33. The fourth-order valence-electron chi connectivity index (χ4n) is 2.27. The molecule has 0 atom stereocenters. The van der Waals surface area contributed by atoms with E-state index in [0.717, 1.165) is 10.9 Å². The predicted molar refractivity (Wildman–Crippen MR) is 90.3 cm³/mol. The van der Waals surface area contributed by atoms with Gasteiger partial charge in [-0.15, -0.1) is 11.3 Å². The van der Waals surface area contributed by atoms with E-state index in [2.05, 4.69) is 15.6 Å². The second kappa shape index (κ2) is 7.06. The van der Waals surface area contributed by atoms with Crippen LogP contribution in [0.1, 0.15) is 6.42 Å². The molecule has 6 nitrogen and oxygen atoms in total. The van der Waals surface area contributed by atoms with E-state index in [1.165, 1.54) is 11.3 Å². The topological polar surface area (TPSA) is 76.0 Å². The molecule has 0 radical (unpaired) electrons. The molecule has 2 amide bonds. The van der Waals surface area contributed by atoms with E-state index in [9.17, 15) is 9.59 Å². The summed E-state index contributed by atoms with van der Waals surface area (Å²) < 4.78 is 2.03. The van der Waals surface area contributed by atoms with Crippen LogP contribution < -0.4 is 10.6 Å². The minimum Gasteiger partial charge on any atom is -0.347 e. The van der Waals surface area contributed by atoms with Crippen LogP contribution in [0.25, 0.3) is 10.9 Å². The molecule has 3 aromatic rings. The lowest BCUT2D eigenvalue weighted by Gasteiger charge is -2.07. The Morgan fingerprint density at radius 2 is 2.04 bits per heavy atom. The van der Waals surface area contributed by atoms with Crippen LogP contribution in [0.3, 0.4) is 0 Å². The first-order valence-corrected chi connectivity index (χ1v) is 8.10. The van der Waals surface area contributed by atoms with E-state index in [1.807, 2.05) is 41.1 Å². The van der Waals surface area contributed by atoms with E-state index >= 15 is 0 Å². The third-order valence-electron chi connectivity index (χ3n) is 3.38. The zero-order valence-corrected chi connectivity index (χ0v) is 13.2. The van der Waals surface area contributed by atoms with Crippen LogP contribution in [0.15, 0.2) is 48.1 Å². The number of aryl methyl sites for hydroxylation is 1. The van der Waals surface area contributed by atoms with E-state index in [0.29, 0.717) is 18.1 Å². The zero-order valence-electron chi connectivity index (χ0n) is 12.4. The molecular formula is C16H16N4O2S. The van der Waals surface area contributed by atoms with Gasteiger partial charge in [-0.3, -0.25) is 9.59 Å². The van der Waals surface area contributed by atoms with E-state index in [4.69, 9.17) is 0 Å². The summed E-state index contributed by atoms with van der Waals surface area (Å²) in [5.41, 5.74) is 1.10. The molecule has 0 spiro atoms. The van der Waals surface area contributed by atoms with Crippen LogP contribution in [0.5, 0.6) is 0 Å². The average molecular weight is 328 g/mol. The summed E-state index contributed by atoms with van der Waals surface area (Å²) in [5.74, 6) is -0.434. The number of fused-ring (bicyclic) bond motifs is 1. The Balaban J connectivity index is 1.45. The maximum atomic E-state index is 11.9. The molecule has 0 bridgehead atoms. The molecule has 0 aliphatic carbocycles. The van der Waals surface area contributed by atoms with Crippen LogP contribution >= 0.6 is 11.3 Å². The van der Waals surface area contributed by atoms with Crippen LogP contribution in [0.4, 0.5) is 5.13 Å². The number of carbonyl (C=O) groups is 2. The lowest BCUT2D eigenvalue weighted by atomic mass is 10.2. The van der Waals surface area contributed by atoms with Gasteiger partial charge in [0.15, 0.2) is 5.13 Å². The van der Waals surface area contributed by atoms with Gasteiger partial charge < -0.3 is 15.2 Å². The van der Waals surface area contributed by atoms with Crippen molar-refractivity contribution in [3.63, 3.8) is 0 Å². The number of thiazole rings is 1. The molecule has 0 aliphatic heterocycles. The molecule has 1 aromatic carbocycles. The van der Waals surface area contributed by atoms with Crippen LogP contribution in [0.2, 0.25) is 0 Å². The highest BCUT2D eigenvalue weighted by molar-refractivity contribution is 7.13. The standard InChI is InChI=1S/C16H16N4O2S/c21-14(18-11-15(22)19-16-17-7-10-23-16)6-9-20-8-5-12-3-1-2-4-13(12)20/h1-5,7-8,10H,6,9,11H2,(H,18,21)(H,17,19,22). The van der Waals surface area contributed by atoms with Crippen molar-refractivity contribution in [2.24, 2.45) is 0 Å². The number of hydrogen-bond acceptors (Lipinski definition) is 4. The van der Waals surface area contributed by atoms with Gasteiger partial charge in [-0.2, -0.15) is 0 Å². The van der Waals surface area contributed by atoms with Crippen LogP contribution in [-0.4, -0.2) is 27.9 Å². The number of para-hydroxylation sites is 1. The number of anilines is 1. The van der Waals surface area contributed by atoms with Crippen LogP contribution in [-0.2, 0) is 16.1 Å². The lowest BCUT2D eigenvalue weighted by molar-refractivity contribution is -0.124. The molecule has 2 aromatic heterocycles. The largest absolute Gasteiger partial charge is 0.347 e. The number of aromatic nitrogens is 2. The van der Waals surface area contributed by atoms with Gasteiger partial charge in [-0.1, -0.05) is 18.2 Å². The number of nitrogens with one attached hydrogen (secondary N) is 2. The Kier molecular flexibility index (Phi) is 4.68. The van der Waals surface area contributed by atoms with Crippen molar-refractivity contribution in [2.75, 3.05) is 11.9 Å². The predicted octanol–water partition coefficient (Wildman–Crippen LogP) is 2.24. The fraction of sp³-hybridized carbons (Fsp3) is 0.188. The summed E-state index contributed by atoms with van der Waals surface area (Å²) in [6, 6.07) is 10.0. The smallest absolute Gasteiger partial charge is 0.245 e. The minimum absolute atomic E-state index is 0.0508. The molecule has 0 saturated carbocycles. The summed E-state index contributed by atoms with van der Waals surface area (Å²) in [6.07, 6.45) is 3.90. The van der Waals surface area contributed by atoms with Gasteiger partial charge in [0.1, 0.15) is 0 Å². The Morgan fingerprint density at radius 3 is 2.87 bits per heavy atom. The normalized spacial score (nSPS) is 10.6. The fourth-order valence-corrected chi connectivity index (χ4v) is 2.82. The summed E-state index contributed by atoms with van der Waals surface area (Å²) in [5, 5.41) is 8.69. The summed E-state index contributed by atoms with van der Waals surface area (Å²) >= 11 is 1.34. The Bertz CT molecular complexity index is 810. The Morgan fingerprint density at radius 1 is 1.17 bits per heavy atom. The number of amides is 2. The maximum absolute atomic E-state index is 11.9. The molecule has 2 heterocycles. The zero-order chi connectivity index (χ0) is 16.1. The molecule has 2 N–H and O–H groups in total. The molecule has 0 aliphatic rings. The van der Waals surface area contributed by atoms with Gasteiger partial charge in [0.05, 0.1) is 6.54 Å². The van der Waals surface area contributed by atoms with Crippen molar-refractivity contribution in [1.29, 1.82) is 0 Å². The summed E-state index contributed by atoms with van der Waals surface area (Å²) in [6.45, 7) is 0.526. The molecular weight excluding hydrogens is 312 g/mol. The second-order valence-corrected chi connectivity index (χ2v) is 5.87. The molecule has 3 rings (SSSR count). The van der Waals surface area contributed by atoms with Gasteiger partial charge in [-0.25, -0.2) is 4.98 Å². The summed E-state index contributed by atoms with van der Waals surface area (Å²) in [4.78, 5) is 27.5.